The number of hydrogen-bond acceptors (Lipinski definition) is 0. The zero-order chi connectivity index (χ0) is 13.7. The molecular weight excluding hydrogens is 223 g/mol. The van der Waals surface area contributed by atoms with Crippen LogP contribution in [0.25, 0.3) is 0 Å². The first kappa shape index (κ1) is 15.5. The van der Waals surface area contributed by atoms with Gasteiger partial charge in [0, 0.05) is 5.92 Å². The zero-order valence-electron chi connectivity index (χ0n) is 12.7. The Bertz CT molecular complexity index is 306. The van der Waals surface area contributed by atoms with Crippen molar-refractivity contribution in [2.45, 2.75) is 66.5 Å². The molecule has 1 aliphatic carbocycles. The lowest BCUT2D eigenvalue weighted by atomic mass is 9.82. The van der Waals surface area contributed by atoms with Gasteiger partial charge in [0.05, 0.1) is 0 Å². The quantitative estimate of drug-likeness (QED) is 0.551. The first-order chi connectivity index (χ1) is 8.47. The second-order valence-corrected chi connectivity index (χ2v) is 5.96. The summed E-state index contributed by atoms with van der Waals surface area (Å²) < 4.78 is 13.3. The van der Waals surface area contributed by atoms with Crippen molar-refractivity contribution >= 4 is 0 Å². The molecule has 1 heteroatoms. The molecule has 1 rings (SSSR count). The number of alkyl halides is 1. The Morgan fingerprint density at radius 1 is 1.17 bits per heavy atom. The van der Waals surface area contributed by atoms with E-state index in [1.807, 2.05) is 6.92 Å². The highest BCUT2D eigenvalue weighted by Crippen LogP contribution is 2.37. The average molecular weight is 252 g/mol. The molecule has 1 saturated carbocycles. The van der Waals surface area contributed by atoms with Crippen LogP contribution in [0.2, 0.25) is 0 Å². The van der Waals surface area contributed by atoms with Gasteiger partial charge in [0.2, 0.25) is 0 Å². The smallest absolute Gasteiger partial charge is 0.103 e. The fourth-order valence-corrected chi connectivity index (χ4v) is 3.18. The highest BCUT2D eigenvalue weighted by Gasteiger charge is 2.24. The first-order valence-electron chi connectivity index (χ1n) is 7.46. The van der Waals surface area contributed by atoms with Crippen LogP contribution >= 0.6 is 0 Å². The summed E-state index contributed by atoms with van der Waals surface area (Å²) in [6.45, 7) is 10.2. The van der Waals surface area contributed by atoms with Crippen molar-refractivity contribution in [2.75, 3.05) is 0 Å². The van der Waals surface area contributed by atoms with Crippen molar-refractivity contribution in [3.05, 3.63) is 23.3 Å². The normalized spacial score (nSPS) is 24.1. The molecule has 0 amide bonds. The molecule has 0 nitrogen and oxygen atoms in total. The first-order valence-corrected chi connectivity index (χ1v) is 7.46. The molecule has 3 atom stereocenters. The van der Waals surface area contributed by atoms with E-state index in [1.165, 1.54) is 36.8 Å². The monoisotopic (exact) mass is 252 g/mol. The van der Waals surface area contributed by atoms with E-state index < -0.39 is 6.17 Å². The molecule has 1 fully saturated rings. The van der Waals surface area contributed by atoms with E-state index in [0.717, 1.165) is 5.92 Å². The summed E-state index contributed by atoms with van der Waals surface area (Å²) >= 11 is 0. The van der Waals surface area contributed by atoms with E-state index >= 15 is 0 Å². The minimum absolute atomic E-state index is 0.00993. The molecule has 0 heterocycles. The molecule has 104 valence electrons. The van der Waals surface area contributed by atoms with E-state index in [0.29, 0.717) is 5.92 Å². The van der Waals surface area contributed by atoms with Crippen LogP contribution in [0.1, 0.15) is 60.3 Å². The maximum absolute atomic E-state index is 13.3. The van der Waals surface area contributed by atoms with Crippen LogP contribution in [0.5, 0.6) is 0 Å². The van der Waals surface area contributed by atoms with Gasteiger partial charge in [-0.2, -0.15) is 0 Å². The molecule has 0 bridgehead atoms. The van der Waals surface area contributed by atoms with Gasteiger partial charge in [0.25, 0.3) is 0 Å². The van der Waals surface area contributed by atoms with Gasteiger partial charge >= 0.3 is 0 Å². The molecular formula is C17H29F. The van der Waals surface area contributed by atoms with Crippen LogP contribution in [0, 0.1) is 17.8 Å². The zero-order valence-corrected chi connectivity index (χ0v) is 12.7. The highest BCUT2D eigenvalue weighted by molar-refractivity contribution is 5.31. The molecule has 0 aromatic carbocycles. The average Bonchev–Trinajstić information content (AvgIpc) is 2.82. The third-order valence-electron chi connectivity index (χ3n) is 4.60. The minimum atomic E-state index is -0.764. The molecule has 0 aromatic heterocycles. The number of hydrogen-bond donors (Lipinski definition) is 0. The van der Waals surface area contributed by atoms with Crippen LogP contribution in [-0.4, -0.2) is 6.17 Å². The summed E-state index contributed by atoms with van der Waals surface area (Å²) in [6, 6.07) is 0. The summed E-state index contributed by atoms with van der Waals surface area (Å²) in [5.74, 6) is 1.46. The molecule has 0 radical (unpaired) electrons. The van der Waals surface area contributed by atoms with Crippen LogP contribution in [0.15, 0.2) is 23.3 Å². The number of allylic oxidation sites excluding steroid dienone is 4. The van der Waals surface area contributed by atoms with Crippen LogP contribution < -0.4 is 0 Å². The highest BCUT2D eigenvalue weighted by atomic mass is 19.1. The minimum Gasteiger partial charge on any atom is -0.247 e. The third-order valence-corrected chi connectivity index (χ3v) is 4.60. The van der Waals surface area contributed by atoms with E-state index in [9.17, 15) is 4.39 Å². The van der Waals surface area contributed by atoms with Gasteiger partial charge in [0.15, 0.2) is 0 Å². The van der Waals surface area contributed by atoms with Gasteiger partial charge < -0.3 is 0 Å². The summed E-state index contributed by atoms with van der Waals surface area (Å²) in [7, 11) is 0. The third kappa shape index (κ3) is 3.96. The van der Waals surface area contributed by atoms with Crippen molar-refractivity contribution in [1.29, 1.82) is 0 Å². The molecule has 0 saturated heterocycles. The van der Waals surface area contributed by atoms with Crippen molar-refractivity contribution in [2.24, 2.45) is 17.8 Å². The van der Waals surface area contributed by atoms with E-state index in [4.69, 9.17) is 0 Å². The van der Waals surface area contributed by atoms with Crippen LogP contribution in [0.3, 0.4) is 0 Å². The largest absolute Gasteiger partial charge is 0.247 e. The molecule has 0 aromatic rings. The van der Waals surface area contributed by atoms with Crippen molar-refractivity contribution < 1.29 is 4.39 Å². The molecule has 1 aliphatic rings. The molecule has 0 aliphatic heterocycles. The SMILES string of the molecule is C/C=C(\C(C)=C/C(C)[C@@H](C)F)C(C)C1CCCC1. The Labute approximate surface area is 112 Å². The van der Waals surface area contributed by atoms with Crippen molar-refractivity contribution in [3.63, 3.8) is 0 Å². The summed E-state index contributed by atoms with van der Waals surface area (Å²) in [4.78, 5) is 0. The van der Waals surface area contributed by atoms with Gasteiger partial charge in [-0.05, 0) is 51.0 Å². The summed E-state index contributed by atoms with van der Waals surface area (Å²) in [6.07, 6.45) is 9.05. The van der Waals surface area contributed by atoms with Crippen molar-refractivity contribution in [1.82, 2.24) is 0 Å². The topological polar surface area (TPSA) is 0 Å². The Morgan fingerprint density at radius 2 is 1.72 bits per heavy atom. The van der Waals surface area contributed by atoms with Crippen LogP contribution in [-0.2, 0) is 0 Å². The Hall–Kier alpha value is -0.590. The predicted octanol–water partition coefficient (Wildman–Crippen LogP) is 5.70. The maximum atomic E-state index is 13.3. The second-order valence-electron chi connectivity index (χ2n) is 5.96. The van der Waals surface area contributed by atoms with Gasteiger partial charge in [-0.1, -0.05) is 44.4 Å². The van der Waals surface area contributed by atoms with Gasteiger partial charge in [-0.15, -0.1) is 0 Å². The summed E-state index contributed by atoms with van der Waals surface area (Å²) in [5.41, 5.74) is 2.70. The summed E-state index contributed by atoms with van der Waals surface area (Å²) in [5, 5.41) is 0. The van der Waals surface area contributed by atoms with Crippen LogP contribution in [0.4, 0.5) is 4.39 Å². The molecule has 0 spiro atoms. The lowest BCUT2D eigenvalue weighted by molar-refractivity contribution is 0.300. The maximum Gasteiger partial charge on any atom is 0.103 e. The number of halogens is 1. The fourth-order valence-electron chi connectivity index (χ4n) is 3.18. The Balaban J connectivity index is 2.76. The van der Waals surface area contributed by atoms with Crippen molar-refractivity contribution in [3.8, 4) is 0 Å². The fraction of sp³-hybridized carbons (Fsp3) is 0.765. The molecule has 18 heavy (non-hydrogen) atoms. The van der Waals surface area contributed by atoms with Gasteiger partial charge in [0.1, 0.15) is 6.17 Å². The Morgan fingerprint density at radius 3 is 2.17 bits per heavy atom. The predicted molar refractivity (Wildman–Crippen MR) is 78.4 cm³/mol. The van der Waals surface area contributed by atoms with E-state index in [2.05, 4.69) is 32.9 Å². The standard InChI is InChI=1S/C17H29F/c1-6-17(13(3)11-12(2)15(5)18)14(4)16-9-7-8-10-16/h6,11-12,14-16H,7-10H2,1-5H3/b13-11-,17-6+/t12?,14?,15-/m1/s1. The number of rotatable bonds is 5. The Kier molecular flexibility index (Phi) is 6.11. The van der Waals surface area contributed by atoms with Gasteiger partial charge in [-0.3, -0.25) is 0 Å². The molecule has 0 N–H and O–H groups in total. The lowest BCUT2D eigenvalue weighted by Crippen LogP contribution is -2.13. The van der Waals surface area contributed by atoms with Gasteiger partial charge in [-0.25, -0.2) is 4.39 Å². The van der Waals surface area contributed by atoms with E-state index in [-0.39, 0.29) is 5.92 Å². The van der Waals surface area contributed by atoms with E-state index in [1.54, 1.807) is 6.92 Å². The lowest BCUT2D eigenvalue weighted by Gasteiger charge is -2.24. The second kappa shape index (κ2) is 7.11. The molecule has 2 unspecified atom stereocenters.